The number of nitrogens with zero attached hydrogens (tertiary/aromatic N) is 1. The number of rotatable bonds is 5. The summed E-state index contributed by atoms with van der Waals surface area (Å²) in [5.74, 6) is -2.80. The average molecular weight is 330 g/mol. The van der Waals surface area contributed by atoms with Gasteiger partial charge in [0.25, 0.3) is 5.92 Å². The van der Waals surface area contributed by atoms with Crippen LogP contribution in [0.3, 0.4) is 0 Å². The molecule has 2 nitrogen and oxygen atoms in total. The molecule has 5 heteroatoms. The molecule has 1 fully saturated rings. The number of carbonyl (C=O) groups excluding carboxylic acids is 1. The second-order valence-electron chi connectivity index (χ2n) is 6.32. The largest absolute Gasteiger partial charge is 0.302 e. The van der Waals surface area contributed by atoms with E-state index in [1.807, 2.05) is 30.9 Å². The van der Waals surface area contributed by atoms with Crippen molar-refractivity contribution in [2.45, 2.75) is 38.5 Å². The van der Waals surface area contributed by atoms with E-state index in [-0.39, 0.29) is 30.5 Å². The van der Waals surface area contributed by atoms with Crippen molar-refractivity contribution in [2.24, 2.45) is 5.92 Å². The Morgan fingerprint density at radius 1 is 1.23 bits per heavy atom. The van der Waals surface area contributed by atoms with Gasteiger partial charge in [0.05, 0.1) is 5.92 Å². The summed E-state index contributed by atoms with van der Waals surface area (Å²) in [6.45, 7) is 4.91. The van der Waals surface area contributed by atoms with Gasteiger partial charge in [-0.25, -0.2) is 8.78 Å². The molecular weight excluding hydrogens is 308 g/mol. The number of carbonyl (C=O) groups is 1. The van der Waals surface area contributed by atoms with E-state index in [0.29, 0.717) is 24.7 Å². The zero-order chi connectivity index (χ0) is 16.3. The first-order valence-corrected chi connectivity index (χ1v) is 8.06. The summed E-state index contributed by atoms with van der Waals surface area (Å²) >= 11 is 5.90. The van der Waals surface area contributed by atoms with Crippen molar-refractivity contribution in [2.75, 3.05) is 19.6 Å². The molecule has 1 saturated heterocycles. The van der Waals surface area contributed by atoms with Gasteiger partial charge in [-0.15, -0.1) is 0 Å². The molecule has 0 N–H and O–H groups in total. The number of hydrogen-bond acceptors (Lipinski definition) is 2. The van der Waals surface area contributed by atoms with E-state index >= 15 is 0 Å². The third kappa shape index (κ3) is 4.50. The van der Waals surface area contributed by atoms with Crippen LogP contribution in [0.1, 0.15) is 38.2 Å². The van der Waals surface area contributed by atoms with Crippen LogP contribution >= 0.6 is 11.6 Å². The van der Waals surface area contributed by atoms with Crippen LogP contribution in [-0.2, 0) is 4.79 Å². The summed E-state index contributed by atoms with van der Waals surface area (Å²) in [5.41, 5.74) is 0.903. The van der Waals surface area contributed by atoms with E-state index in [2.05, 4.69) is 0 Å². The molecule has 1 unspecified atom stereocenters. The lowest BCUT2D eigenvalue weighted by atomic mass is 9.88. The normalized spacial score (nSPS) is 20.1. The Balaban J connectivity index is 2.12. The quantitative estimate of drug-likeness (QED) is 0.799. The van der Waals surface area contributed by atoms with Crippen molar-refractivity contribution >= 4 is 17.4 Å². The molecule has 1 heterocycles. The van der Waals surface area contributed by atoms with Gasteiger partial charge in [0.15, 0.2) is 0 Å². The highest BCUT2D eigenvalue weighted by Crippen LogP contribution is 2.30. The zero-order valence-corrected chi connectivity index (χ0v) is 13.7. The summed E-state index contributed by atoms with van der Waals surface area (Å²) < 4.78 is 26.5. The predicted molar refractivity (Wildman–Crippen MR) is 84.7 cm³/mol. The van der Waals surface area contributed by atoms with Crippen molar-refractivity contribution in [3.63, 3.8) is 0 Å². The number of ketones is 1. The van der Waals surface area contributed by atoms with Crippen LogP contribution in [0.25, 0.3) is 0 Å². The van der Waals surface area contributed by atoms with Gasteiger partial charge in [-0.05, 0) is 17.7 Å². The highest BCUT2D eigenvalue weighted by molar-refractivity contribution is 6.30. The standard InChI is InChI=1S/C17H22ClF2NO/c1-12(2)16(22)15(13-3-5-14(18)6-4-13)11-21-9-7-17(19,20)8-10-21/h3-6,12,15H,7-11H2,1-2H3. The molecule has 1 aliphatic heterocycles. The minimum atomic E-state index is -2.56. The monoisotopic (exact) mass is 329 g/mol. The maximum atomic E-state index is 13.3. The van der Waals surface area contributed by atoms with Crippen molar-refractivity contribution < 1.29 is 13.6 Å². The van der Waals surface area contributed by atoms with E-state index in [4.69, 9.17) is 11.6 Å². The van der Waals surface area contributed by atoms with Gasteiger partial charge in [-0.3, -0.25) is 4.79 Å². The van der Waals surface area contributed by atoms with Gasteiger partial charge in [-0.2, -0.15) is 0 Å². The van der Waals surface area contributed by atoms with Crippen molar-refractivity contribution in [1.29, 1.82) is 0 Å². The minimum absolute atomic E-state index is 0.0908. The Morgan fingerprint density at radius 2 is 1.77 bits per heavy atom. The Kier molecular flexibility index (Phi) is 5.56. The maximum absolute atomic E-state index is 13.3. The maximum Gasteiger partial charge on any atom is 0.250 e. The van der Waals surface area contributed by atoms with Crippen LogP contribution in [0.2, 0.25) is 5.02 Å². The number of alkyl halides is 2. The molecule has 22 heavy (non-hydrogen) atoms. The van der Waals surface area contributed by atoms with Crippen LogP contribution in [0.4, 0.5) is 8.78 Å². The fraction of sp³-hybridized carbons (Fsp3) is 0.588. The van der Waals surface area contributed by atoms with Gasteiger partial charge < -0.3 is 4.90 Å². The second-order valence-corrected chi connectivity index (χ2v) is 6.75. The Labute approximate surface area is 135 Å². The molecule has 1 atom stereocenters. The number of Topliss-reactive ketones (excluding diaryl/α,β-unsaturated/α-hetero) is 1. The number of halogens is 3. The summed E-state index contributed by atoms with van der Waals surface area (Å²) in [4.78, 5) is 14.5. The number of piperidine rings is 1. The van der Waals surface area contributed by atoms with Crippen LogP contribution in [0, 0.1) is 5.92 Å². The summed E-state index contributed by atoms with van der Waals surface area (Å²) in [6, 6.07) is 7.24. The highest BCUT2D eigenvalue weighted by atomic mass is 35.5. The summed E-state index contributed by atoms with van der Waals surface area (Å²) in [6.07, 6.45) is -0.258. The molecule has 0 amide bonds. The lowest BCUT2D eigenvalue weighted by molar-refractivity contribution is -0.124. The van der Waals surface area contributed by atoms with Crippen LogP contribution in [-0.4, -0.2) is 36.2 Å². The number of likely N-dealkylation sites (tertiary alicyclic amines) is 1. The van der Waals surface area contributed by atoms with E-state index in [0.717, 1.165) is 5.56 Å². The van der Waals surface area contributed by atoms with Crippen LogP contribution in [0.15, 0.2) is 24.3 Å². The van der Waals surface area contributed by atoms with Gasteiger partial charge in [-0.1, -0.05) is 37.6 Å². The van der Waals surface area contributed by atoms with E-state index in [1.54, 1.807) is 12.1 Å². The Hall–Kier alpha value is -1.00. The lowest BCUT2D eigenvalue weighted by Crippen LogP contribution is -2.42. The topological polar surface area (TPSA) is 20.3 Å². The molecule has 122 valence electrons. The minimum Gasteiger partial charge on any atom is -0.302 e. The van der Waals surface area contributed by atoms with E-state index in [1.165, 1.54) is 0 Å². The molecule has 2 rings (SSSR count). The molecule has 0 aromatic heterocycles. The molecule has 0 radical (unpaired) electrons. The molecule has 0 saturated carbocycles. The first-order valence-electron chi connectivity index (χ1n) is 7.68. The molecule has 0 aliphatic carbocycles. The Bertz CT molecular complexity index is 506. The molecule has 1 aromatic carbocycles. The predicted octanol–water partition coefficient (Wildman–Crippen LogP) is 4.38. The fourth-order valence-electron chi connectivity index (χ4n) is 2.78. The SMILES string of the molecule is CC(C)C(=O)C(CN1CCC(F)(F)CC1)c1ccc(Cl)cc1. The van der Waals surface area contributed by atoms with Crippen LogP contribution < -0.4 is 0 Å². The fourth-order valence-corrected chi connectivity index (χ4v) is 2.90. The zero-order valence-electron chi connectivity index (χ0n) is 13.0. The average Bonchev–Trinajstić information content (AvgIpc) is 2.46. The first kappa shape index (κ1) is 17.4. The van der Waals surface area contributed by atoms with Crippen molar-refractivity contribution in [3.8, 4) is 0 Å². The molecule has 0 bridgehead atoms. The lowest BCUT2D eigenvalue weighted by Gasteiger charge is -2.34. The Morgan fingerprint density at radius 3 is 2.27 bits per heavy atom. The van der Waals surface area contributed by atoms with E-state index in [9.17, 15) is 13.6 Å². The van der Waals surface area contributed by atoms with Crippen LogP contribution in [0.5, 0.6) is 0 Å². The third-order valence-corrected chi connectivity index (χ3v) is 4.47. The first-order chi connectivity index (χ1) is 10.3. The van der Waals surface area contributed by atoms with Gasteiger partial charge >= 0.3 is 0 Å². The van der Waals surface area contributed by atoms with E-state index < -0.39 is 5.92 Å². The number of benzene rings is 1. The van der Waals surface area contributed by atoms with Crippen molar-refractivity contribution in [3.05, 3.63) is 34.9 Å². The smallest absolute Gasteiger partial charge is 0.250 e. The van der Waals surface area contributed by atoms with Gasteiger partial charge in [0.1, 0.15) is 5.78 Å². The summed E-state index contributed by atoms with van der Waals surface area (Å²) in [7, 11) is 0. The molecular formula is C17H22ClF2NO. The molecule has 1 aromatic rings. The number of hydrogen-bond donors (Lipinski definition) is 0. The second kappa shape index (κ2) is 7.05. The van der Waals surface area contributed by atoms with Gasteiger partial charge in [0, 0.05) is 43.4 Å². The molecule has 1 aliphatic rings. The summed E-state index contributed by atoms with van der Waals surface area (Å²) in [5, 5.41) is 0.622. The van der Waals surface area contributed by atoms with Crippen molar-refractivity contribution in [1.82, 2.24) is 4.90 Å². The molecule has 0 spiro atoms. The van der Waals surface area contributed by atoms with Gasteiger partial charge in [0.2, 0.25) is 0 Å². The highest BCUT2D eigenvalue weighted by Gasteiger charge is 2.35. The third-order valence-electron chi connectivity index (χ3n) is 4.21.